The summed E-state index contributed by atoms with van der Waals surface area (Å²) in [5.41, 5.74) is 0. The van der Waals surface area contributed by atoms with Gasteiger partial charge in [0.25, 0.3) is 0 Å². The number of nitrogens with zero attached hydrogens (tertiary/aromatic N) is 1. The standard InChI is InChI=1S/C13H30N2O/c1-6-8-14-11-13(12(2)3)16-10-7-9-15(4)5/h12-14H,6-11H2,1-5H3. The summed E-state index contributed by atoms with van der Waals surface area (Å²) < 4.78 is 5.91. The van der Waals surface area contributed by atoms with E-state index in [4.69, 9.17) is 4.74 Å². The van der Waals surface area contributed by atoms with Gasteiger partial charge in [-0.15, -0.1) is 0 Å². The molecular weight excluding hydrogens is 200 g/mol. The summed E-state index contributed by atoms with van der Waals surface area (Å²) in [7, 11) is 4.20. The van der Waals surface area contributed by atoms with Gasteiger partial charge in [0, 0.05) is 13.2 Å². The minimum Gasteiger partial charge on any atom is -0.377 e. The Kier molecular flexibility index (Phi) is 9.99. The van der Waals surface area contributed by atoms with Crippen molar-refractivity contribution in [3.05, 3.63) is 0 Å². The second-order valence-corrected chi connectivity index (χ2v) is 5.01. The van der Waals surface area contributed by atoms with Gasteiger partial charge in [-0.3, -0.25) is 0 Å². The summed E-state index contributed by atoms with van der Waals surface area (Å²) in [6, 6.07) is 0. The zero-order valence-electron chi connectivity index (χ0n) is 11.8. The quantitative estimate of drug-likeness (QED) is 0.581. The number of hydrogen-bond acceptors (Lipinski definition) is 3. The molecule has 0 saturated carbocycles. The highest BCUT2D eigenvalue weighted by atomic mass is 16.5. The monoisotopic (exact) mass is 230 g/mol. The summed E-state index contributed by atoms with van der Waals surface area (Å²) >= 11 is 0. The Balaban J connectivity index is 3.60. The molecule has 98 valence electrons. The Morgan fingerprint density at radius 3 is 2.44 bits per heavy atom. The molecule has 0 fully saturated rings. The van der Waals surface area contributed by atoms with Crippen molar-refractivity contribution < 1.29 is 4.74 Å². The molecule has 0 aliphatic carbocycles. The summed E-state index contributed by atoms with van der Waals surface area (Å²) in [4.78, 5) is 2.20. The lowest BCUT2D eigenvalue weighted by Crippen LogP contribution is -2.34. The molecule has 0 aliphatic heterocycles. The molecule has 0 aromatic rings. The van der Waals surface area contributed by atoms with Crippen LogP contribution in [-0.4, -0.2) is 51.3 Å². The summed E-state index contributed by atoms with van der Waals surface area (Å²) in [5, 5.41) is 3.43. The van der Waals surface area contributed by atoms with E-state index in [2.05, 4.69) is 45.1 Å². The molecule has 1 atom stereocenters. The Labute approximate surface area is 102 Å². The van der Waals surface area contributed by atoms with Crippen LogP contribution in [0.4, 0.5) is 0 Å². The molecule has 0 aromatic carbocycles. The van der Waals surface area contributed by atoms with Crippen molar-refractivity contribution in [2.24, 2.45) is 5.92 Å². The van der Waals surface area contributed by atoms with Gasteiger partial charge in [0.05, 0.1) is 6.10 Å². The van der Waals surface area contributed by atoms with Crippen LogP contribution in [0.1, 0.15) is 33.6 Å². The van der Waals surface area contributed by atoms with Gasteiger partial charge in [-0.1, -0.05) is 20.8 Å². The molecule has 0 saturated heterocycles. The highest BCUT2D eigenvalue weighted by Crippen LogP contribution is 2.06. The summed E-state index contributed by atoms with van der Waals surface area (Å²) in [5.74, 6) is 0.587. The highest BCUT2D eigenvalue weighted by Gasteiger charge is 2.12. The smallest absolute Gasteiger partial charge is 0.0722 e. The van der Waals surface area contributed by atoms with E-state index in [0.717, 1.165) is 32.7 Å². The van der Waals surface area contributed by atoms with Crippen LogP contribution >= 0.6 is 0 Å². The maximum Gasteiger partial charge on any atom is 0.0722 e. The van der Waals surface area contributed by atoms with Gasteiger partial charge in [0.2, 0.25) is 0 Å². The number of ether oxygens (including phenoxy) is 1. The van der Waals surface area contributed by atoms with Crippen LogP contribution < -0.4 is 5.32 Å². The van der Waals surface area contributed by atoms with Gasteiger partial charge in [0.1, 0.15) is 0 Å². The molecule has 0 rings (SSSR count). The zero-order chi connectivity index (χ0) is 12.4. The maximum absolute atomic E-state index is 5.91. The minimum absolute atomic E-state index is 0.355. The normalized spacial score (nSPS) is 13.7. The van der Waals surface area contributed by atoms with Crippen molar-refractivity contribution in [1.29, 1.82) is 0 Å². The van der Waals surface area contributed by atoms with E-state index in [0.29, 0.717) is 12.0 Å². The summed E-state index contributed by atoms with van der Waals surface area (Å²) in [6.07, 6.45) is 2.66. The molecule has 0 radical (unpaired) electrons. The fourth-order valence-electron chi connectivity index (χ4n) is 1.52. The first-order valence-electron chi connectivity index (χ1n) is 6.55. The lowest BCUT2D eigenvalue weighted by molar-refractivity contribution is 0.0197. The third-order valence-electron chi connectivity index (χ3n) is 2.60. The molecule has 0 bridgehead atoms. The Morgan fingerprint density at radius 2 is 1.94 bits per heavy atom. The first-order valence-corrected chi connectivity index (χ1v) is 6.55. The minimum atomic E-state index is 0.355. The maximum atomic E-state index is 5.91. The van der Waals surface area contributed by atoms with Crippen LogP contribution in [-0.2, 0) is 4.74 Å². The predicted molar refractivity (Wildman–Crippen MR) is 70.9 cm³/mol. The van der Waals surface area contributed by atoms with Gasteiger partial charge >= 0.3 is 0 Å². The molecular formula is C13H30N2O. The lowest BCUT2D eigenvalue weighted by atomic mass is 10.1. The van der Waals surface area contributed by atoms with Crippen molar-refractivity contribution in [2.75, 3.05) is 40.3 Å². The topological polar surface area (TPSA) is 24.5 Å². The van der Waals surface area contributed by atoms with Gasteiger partial charge in [0.15, 0.2) is 0 Å². The van der Waals surface area contributed by atoms with Gasteiger partial charge < -0.3 is 15.0 Å². The van der Waals surface area contributed by atoms with Crippen LogP contribution in [0.3, 0.4) is 0 Å². The van der Waals surface area contributed by atoms with Crippen LogP contribution in [0, 0.1) is 5.92 Å². The number of nitrogens with one attached hydrogen (secondary N) is 1. The molecule has 1 unspecified atom stereocenters. The SMILES string of the molecule is CCCNCC(OCCCN(C)C)C(C)C. The predicted octanol–water partition coefficient (Wildman–Crippen LogP) is 1.98. The average Bonchev–Trinajstić information content (AvgIpc) is 2.21. The van der Waals surface area contributed by atoms with Crippen molar-refractivity contribution in [2.45, 2.75) is 39.7 Å². The molecule has 0 heterocycles. The summed E-state index contributed by atoms with van der Waals surface area (Å²) in [6.45, 7) is 10.7. The van der Waals surface area contributed by atoms with Crippen molar-refractivity contribution in [3.8, 4) is 0 Å². The van der Waals surface area contributed by atoms with Crippen LogP contribution in [0.5, 0.6) is 0 Å². The van der Waals surface area contributed by atoms with Crippen LogP contribution in [0.25, 0.3) is 0 Å². The fourth-order valence-corrected chi connectivity index (χ4v) is 1.52. The average molecular weight is 230 g/mol. The fraction of sp³-hybridized carbons (Fsp3) is 1.00. The molecule has 16 heavy (non-hydrogen) atoms. The molecule has 0 amide bonds. The third-order valence-corrected chi connectivity index (χ3v) is 2.60. The van der Waals surface area contributed by atoms with Gasteiger partial charge in [-0.25, -0.2) is 0 Å². The van der Waals surface area contributed by atoms with Crippen molar-refractivity contribution >= 4 is 0 Å². The first kappa shape index (κ1) is 15.9. The molecule has 1 N–H and O–H groups in total. The molecule has 0 spiro atoms. The Bertz CT molecular complexity index is 149. The zero-order valence-corrected chi connectivity index (χ0v) is 11.8. The third kappa shape index (κ3) is 9.13. The second-order valence-electron chi connectivity index (χ2n) is 5.01. The van der Waals surface area contributed by atoms with E-state index >= 15 is 0 Å². The molecule has 3 nitrogen and oxygen atoms in total. The molecule has 0 aromatic heterocycles. The molecule has 0 aliphatic rings. The number of hydrogen-bond donors (Lipinski definition) is 1. The van der Waals surface area contributed by atoms with E-state index in [-0.39, 0.29) is 0 Å². The highest BCUT2D eigenvalue weighted by molar-refractivity contribution is 4.65. The largest absolute Gasteiger partial charge is 0.377 e. The lowest BCUT2D eigenvalue weighted by Gasteiger charge is -2.22. The van der Waals surface area contributed by atoms with Crippen LogP contribution in [0.15, 0.2) is 0 Å². The second kappa shape index (κ2) is 10.1. The Morgan fingerprint density at radius 1 is 1.25 bits per heavy atom. The van der Waals surface area contributed by atoms with Crippen LogP contribution in [0.2, 0.25) is 0 Å². The van der Waals surface area contributed by atoms with Gasteiger partial charge in [-0.2, -0.15) is 0 Å². The van der Waals surface area contributed by atoms with Crippen molar-refractivity contribution in [3.63, 3.8) is 0 Å². The van der Waals surface area contributed by atoms with E-state index in [1.165, 1.54) is 6.42 Å². The van der Waals surface area contributed by atoms with E-state index in [9.17, 15) is 0 Å². The Hall–Kier alpha value is -0.120. The van der Waals surface area contributed by atoms with Gasteiger partial charge in [-0.05, 0) is 45.9 Å². The number of rotatable bonds is 10. The van der Waals surface area contributed by atoms with E-state index < -0.39 is 0 Å². The first-order chi connectivity index (χ1) is 7.57. The van der Waals surface area contributed by atoms with Crippen molar-refractivity contribution in [1.82, 2.24) is 10.2 Å². The van der Waals surface area contributed by atoms with E-state index in [1.54, 1.807) is 0 Å². The van der Waals surface area contributed by atoms with E-state index in [1.807, 2.05) is 0 Å². The molecule has 3 heteroatoms.